The summed E-state index contributed by atoms with van der Waals surface area (Å²) < 4.78 is 0. The fourth-order valence-corrected chi connectivity index (χ4v) is 2.60. The SMILES string of the molecule is C[C@H](C(=O)Nc1ccccc1[C@@H](O)c1ccccn1)C1CC1. The highest BCUT2D eigenvalue weighted by Gasteiger charge is 2.33. The van der Waals surface area contributed by atoms with Gasteiger partial charge >= 0.3 is 0 Å². The largest absolute Gasteiger partial charge is 0.382 e. The summed E-state index contributed by atoms with van der Waals surface area (Å²) in [6.07, 6.45) is 3.06. The van der Waals surface area contributed by atoms with Gasteiger partial charge in [-0.15, -0.1) is 0 Å². The molecule has 2 atom stereocenters. The zero-order chi connectivity index (χ0) is 15.5. The van der Waals surface area contributed by atoms with Crippen LogP contribution in [0.2, 0.25) is 0 Å². The fraction of sp³-hybridized carbons (Fsp3) is 0.333. The summed E-state index contributed by atoms with van der Waals surface area (Å²) in [5.41, 5.74) is 1.88. The van der Waals surface area contributed by atoms with Gasteiger partial charge in [0.25, 0.3) is 0 Å². The second-order valence-corrected chi connectivity index (χ2v) is 5.86. The topological polar surface area (TPSA) is 62.2 Å². The van der Waals surface area contributed by atoms with Crippen LogP contribution in [-0.4, -0.2) is 16.0 Å². The molecule has 4 nitrogen and oxygen atoms in total. The molecule has 2 aromatic rings. The Bertz CT molecular complexity index is 653. The molecule has 0 aliphatic heterocycles. The highest BCUT2D eigenvalue weighted by atomic mass is 16.3. The molecular weight excluding hydrogens is 276 g/mol. The van der Waals surface area contributed by atoms with Crippen molar-refractivity contribution in [3.63, 3.8) is 0 Å². The van der Waals surface area contributed by atoms with Crippen molar-refractivity contribution in [2.45, 2.75) is 25.9 Å². The van der Waals surface area contributed by atoms with Crippen LogP contribution in [0.15, 0.2) is 48.7 Å². The van der Waals surface area contributed by atoms with Crippen molar-refractivity contribution in [2.75, 3.05) is 5.32 Å². The van der Waals surface area contributed by atoms with Crippen LogP contribution in [0, 0.1) is 11.8 Å². The first-order valence-electron chi connectivity index (χ1n) is 7.65. The van der Waals surface area contributed by atoms with Gasteiger partial charge < -0.3 is 10.4 Å². The number of amides is 1. The number of nitrogens with one attached hydrogen (secondary N) is 1. The Morgan fingerprint density at radius 2 is 1.95 bits per heavy atom. The summed E-state index contributed by atoms with van der Waals surface area (Å²) in [6, 6.07) is 12.8. The standard InChI is InChI=1S/C18H20N2O2/c1-12(13-9-10-13)18(22)20-15-7-3-2-6-14(15)17(21)16-8-4-5-11-19-16/h2-8,11-13,17,21H,9-10H2,1H3,(H,20,22)/t12-,17+/m0/s1. The third-order valence-electron chi connectivity index (χ3n) is 4.22. The van der Waals surface area contributed by atoms with Crippen molar-refractivity contribution in [1.82, 2.24) is 4.98 Å². The van der Waals surface area contributed by atoms with E-state index in [1.54, 1.807) is 18.3 Å². The molecule has 4 heteroatoms. The maximum absolute atomic E-state index is 12.3. The zero-order valence-electron chi connectivity index (χ0n) is 12.6. The lowest BCUT2D eigenvalue weighted by molar-refractivity contribution is -0.119. The molecule has 0 bridgehead atoms. The number of aliphatic hydroxyl groups is 1. The minimum Gasteiger partial charge on any atom is -0.382 e. The Hall–Kier alpha value is -2.20. The number of aromatic nitrogens is 1. The number of anilines is 1. The summed E-state index contributed by atoms with van der Waals surface area (Å²) >= 11 is 0. The van der Waals surface area contributed by atoms with Crippen molar-refractivity contribution >= 4 is 11.6 Å². The molecule has 0 radical (unpaired) electrons. The number of aliphatic hydroxyl groups excluding tert-OH is 1. The summed E-state index contributed by atoms with van der Waals surface area (Å²) in [7, 11) is 0. The van der Waals surface area contributed by atoms with Gasteiger partial charge in [0.05, 0.1) is 5.69 Å². The molecule has 0 saturated heterocycles. The maximum atomic E-state index is 12.3. The molecule has 0 spiro atoms. The molecule has 1 aliphatic rings. The first-order valence-corrected chi connectivity index (χ1v) is 7.65. The monoisotopic (exact) mass is 296 g/mol. The number of benzene rings is 1. The minimum absolute atomic E-state index is 0.0139. The van der Waals surface area contributed by atoms with E-state index >= 15 is 0 Å². The van der Waals surface area contributed by atoms with Gasteiger partial charge in [-0.05, 0) is 37.0 Å². The molecular formula is C18H20N2O2. The molecule has 1 saturated carbocycles. The Morgan fingerprint density at radius 3 is 2.64 bits per heavy atom. The van der Waals surface area contributed by atoms with Crippen LogP contribution < -0.4 is 5.32 Å². The van der Waals surface area contributed by atoms with Gasteiger partial charge in [0.1, 0.15) is 6.10 Å². The number of rotatable bonds is 5. The molecule has 3 rings (SSSR count). The van der Waals surface area contributed by atoms with Gasteiger partial charge in [-0.3, -0.25) is 9.78 Å². The first kappa shape index (κ1) is 14.7. The Labute approximate surface area is 130 Å². The molecule has 1 aromatic carbocycles. The zero-order valence-corrected chi connectivity index (χ0v) is 12.6. The molecule has 1 aliphatic carbocycles. The minimum atomic E-state index is -0.853. The lowest BCUT2D eigenvalue weighted by atomic mass is 10.0. The van der Waals surface area contributed by atoms with E-state index in [0.29, 0.717) is 22.9 Å². The first-order chi connectivity index (χ1) is 10.7. The van der Waals surface area contributed by atoms with Gasteiger partial charge in [-0.1, -0.05) is 31.2 Å². The van der Waals surface area contributed by atoms with E-state index in [4.69, 9.17) is 0 Å². The van der Waals surface area contributed by atoms with Crippen molar-refractivity contribution in [3.8, 4) is 0 Å². The average Bonchev–Trinajstić information content (AvgIpc) is 3.39. The summed E-state index contributed by atoms with van der Waals surface area (Å²) in [4.78, 5) is 16.5. The predicted molar refractivity (Wildman–Crippen MR) is 85.3 cm³/mol. The molecule has 0 unspecified atom stereocenters. The molecule has 114 valence electrons. The van der Waals surface area contributed by atoms with Gasteiger partial charge in [0, 0.05) is 23.4 Å². The van der Waals surface area contributed by atoms with Crippen molar-refractivity contribution in [1.29, 1.82) is 0 Å². The second-order valence-electron chi connectivity index (χ2n) is 5.86. The van der Waals surface area contributed by atoms with Crippen LogP contribution >= 0.6 is 0 Å². The Balaban J connectivity index is 1.82. The molecule has 1 heterocycles. The normalized spacial score (nSPS) is 16.8. The Kier molecular flexibility index (Phi) is 4.20. The molecule has 2 N–H and O–H groups in total. The van der Waals surface area contributed by atoms with Gasteiger partial charge in [-0.2, -0.15) is 0 Å². The fourth-order valence-electron chi connectivity index (χ4n) is 2.60. The third kappa shape index (κ3) is 3.17. The number of hydrogen-bond donors (Lipinski definition) is 2. The average molecular weight is 296 g/mol. The summed E-state index contributed by atoms with van der Waals surface area (Å²) in [5, 5.41) is 13.5. The van der Waals surface area contributed by atoms with Gasteiger partial charge in [0.15, 0.2) is 0 Å². The second kappa shape index (κ2) is 6.28. The van der Waals surface area contributed by atoms with Crippen LogP contribution in [0.25, 0.3) is 0 Å². The van der Waals surface area contributed by atoms with E-state index in [0.717, 1.165) is 12.8 Å². The molecule has 1 fully saturated rings. The predicted octanol–water partition coefficient (Wildman–Crippen LogP) is 3.15. The van der Waals surface area contributed by atoms with Crippen molar-refractivity contribution in [3.05, 3.63) is 59.9 Å². The summed E-state index contributed by atoms with van der Waals surface area (Å²) in [5.74, 6) is 0.538. The van der Waals surface area contributed by atoms with E-state index in [1.165, 1.54) is 0 Å². The van der Waals surface area contributed by atoms with Gasteiger partial charge in [-0.25, -0.2) is 0 Å². The highest BCUT2D eigenvalue weighted by molar-refractivity contribution is 5.93. The number of nitrogens with zero attached hydrogens (tertiary/aromatic N) is 1. The lowest BCUT2D eigenvalue weighted by Crippen LogP contribution is -2.23. The van der Waals surface area contributed by atoms with Crippen LogP contribution in [0.1, 0.15) is 37.1 Å². The van der Waals surface area contributed by atoms with E-state index in [2.05, 4.69) is 10.3 Å². The Morgan fingerprint density at radius 1 is 1.23 bits per heavy atom. The quantitative estimate of drug-likeness (QED) is 0.891. The van der Waals surface area contributed by atoms with E-state index in [1.807, 2.05) is 37.3 Å². The van der Waals surface area contributed by atoms with Crippen LogP contribution in [-0.2, 0) is 4.79 Å². The third-order valence-corrected chi connectivity index (χ3v) is 4.22. The van der Waals surface area contributed by atoms with E-state index in [-0.39, 0.29) is 11.8 Å². The molecule has 1 amide bonds. The number of hydrogen-bond acceptors (Lipinski definition) is 3. The van der Waals surface area contributed by atoms with Crippen LogP contribution in [0.5, 0.6) is 0 Å². The van der Waals surface area contributed by atoms with Gasteiger partial charge in [0.2, 0.25) is 5.91 Å². The van der Waals surface area contributed by atoms with Crippen molar-refractivity contribution in [2.24, 2.45) is 11.8 Å². The van der Waals surface area contributed by atoms with Crippen LogP contribution in [0.4, 0.5) is 5.69 Å². The maximum Gasteiger partial charge on any atom is 0.227 e. The number of para-hydroxylation sites is 1. The molecule has 22 heavy (non-hydrogen) atoms. The lowest BCUT2D eigenvalue weighted by Gasteiger charge is -2.17. The van der Waals surface area contributed by atoms with Crippen molar-refractivity contribution < 1.29 is 9.90 Å². The molecule has 1 aromatic heterocycles. The smallest absolute Gasteiger partial charge is 0.227 e. The highest BCUT2D eigenvalue weighted by Crippen LogP contribution is 2.37. The number of carbonyl (C=O) groups excluding carboxylic acids is 1. The van der Waals surface area contributed by atoms with E-state index in [9.17, 15) is 9.90 Å². The van der Waals surface area contributed by atoms with E-state index < -0.39 is 6.10 Å². The number of carbonyl (C=O) groups is 1. The summed E-state index contributed by atoms with van der Waals surface area (Å²) in [6.45, 7) is 1.96. The number of pyridine rings is 1. The van der Waals surface area contributed by atoms with Crippen LogP contribution in [0.3, 0.4) is 0 Å².